The molecule has 3 N–H and O–H groups in total. The first-order valence-corrected chi connectivity index (χ1v) is 10.4. The van der Waals surface area contributed by atoms with Gasteiger partial charge in [0.1, 0.15) is 5.75 Å². The van der Waals surface area contributed by atoms with Gasteiger partial charge >= 0.3 is 0 Å². The topological polar surface area (TPSA) is 105 Å². The third-order valence-electron chi connectivity index (χ3n) is 5.94. The van der Waals surface area contributed by atoms with Gasteiger partial charge < -0.3 is 29.6 Å². The Morgan fingerprint density at radius 2 is 2.00 bits per heavy atom. The van der Waals surface area contributed by atoms with Gasteiger partial charge in [0.05, 0.1) is 35.8 Å². The lowest BCUT2D eigenvalue weighted by Crippen LogP contribution is -1.97. The van der Waals surface area contributed by atoms with E-state index in [0.717, 1.165) is 27.8 Å². The number of pyridine rings is 2. The van der Waals surface area contributed by atoms with Crippen LogP contribution in [-0.4, -0.2) is 33.5 Å². The van der Waals surface area contributed by atoms with Gasteiger partial charge in [0, 0.05) is 35.1 Å². The molecule has 2 aromatic carbocycles. The van der Waals surface area contributed by atoms with Crippen LogP contribution in [0.5, 0.6) is 23.1 Å². The molecule has 0 amide bonds. The third kappa shape index (κ3) is 2.99. The number of benzene rings is 2. The van der Waals surface area contributed by atoms with E-state index in [4.69, 9.17) is 24.9 Å². The molecule has 0 spiro atoms. The lowest BCUT2D eigenvalue weighted by Gasteiger charge is -2.11. The van der Waals surface area contributed by atoms with Gasteiger partial charge in [-0.15, -0.1) is 0 Å². The summed E-state index contributed by atoms with van der Waals surface area (Å²) in [5.41, 5.74) is 11.0. The highest BCUT2D eigenvalue weighted by atomic mass is 16.7. The van der Waals surface area contributed by atoms with E-state index in [1.807, 2.05) is 48.7 Å². The third-order valence-corrected chi connectivity index (χ3v) is 5.94. The maximum absolute atomic E-state index is 11.0. The van der Waals surface area contributed by atoms with E-state index in [2.05, 4.69) is 4.98 Å². The van der Waals surface area contributed by atoms with Crippen molar-refractivity contribution in [1.29, 1.82) is 0 Å². The van der Waals surface area contributed by atoms with E-state index in [1.165, 1.54) is 0 Å². The molecule has 1 aliphatic heterocycles. The Balaban J connectivity index is 1.51. The second-order valence-corrected chi connectivity index (χ2v) is 7.83. The molecular formula is C25H20N4O4. The van der Waals surface area contributed by atoms with Gasteiger partial charge in [0.2, 0.25) is 12.7 Å². The summed E-state index contributed by atoms with van der Waals surface area (Å²) in [5, 5.41) is 12.3. The zero-order valence-electron chi connectivity index (χ0n) is 17.8. The Bertz CT molecular complexity index is 1540. The molecule has 4 heterocycles. The largest absolute Gasteiger partial charge is 0.496 e. The standard InChI is InChI=1S/C25H20N4O4/c1-31-19-7-8-27-10-17(19)15-3-2-4-16-23(26)22-18(28-24(15)16)12-29(25(22)30)11-14-5-6-20-21(9-14)33-13-32-20/h2-10,12,30H,11,13,26H2,1H3. The normalized spacial score (nSPS) is 12.5. The van der Waals surface area contributed by atoms with Crippen molar-refractivity contribution in [2.24, 2.45) is 0 Å². The number of nitrogen functional groups attached to an aromatic ring is 1. The lowest BCUT2D eigenvalue weighted by molar-refractivity contribution is 0.174. The van der Waals surface area contributed by atoms with Crippen LogP contribution >= 0.6 is 0 Å². The predicted octanol–water partition coefficient (Wildman–Crippen LogP) is 4.32. The highest BCUT2D eigenvalue weighted by molar-refractivity contribution is 6.12. The summed E-state index contributed by atoms with van der Waals surface area (Å²) in [6.45, 7) is 0.645. The van der Waals surface area contributed by atoms with Crippen molar-refractivity contribution >= 4 is 27.5 Å². The maximum Gasteiger partial charge on any atom is 0.231 e. The number of hydrogen-bond acceptors (Lipinski definition) is 7. The second kappa shape index (κ2) is 7.30. The number of para-hydroxylation sites is 1. The van der Waals surface area contributed by atoms with E-state index < -0.39 is 0 Å². The minimum absolute atomic E-state index is 0.0685. The SMILES string of the molecule is COc1ccncc1-c1cccc2c(N)c3c(O)n(Cc4ccc5c(c4)OCO5)cc3nc12. The summed E-state index contributed by atoms with van der Waals surface area (Å²) >= 11 is 0. The van der Waals surface area contributed by atoms with Gasteiger partial charge in [-0.1, -0.05) is 24.3 Å². The maximum atomic E-state index is 11.0. The Hall–Kier alpha value is -4.46. The fraction of sp³-hybridized carbons (Fsp3) is 0.120. The average molecular weight is 440 g/mol. The van der Waals surface area contributed by atoms with Crippen LogP contribution in [0.2, 0.25) is 0 Å². The molecule has 0 saturated heterocycles. The number of rotatable bonds is 4. The number of nitrogens with zero attached hydrogens (tertiary/aromatic N) is 3. The van der Waals surface area contributed by atoms with Gasteiger partial charge in [0.25, 0.3) is 0 Å². The first kappa shape index (κ1) is 19.2. The summed E-state index contributed by atoms with van der Waals surface area (Å²) in [6, 6.07) is 13.3. The fourth-order valence-electron chi connectivity index (χ4n) is 4.35. The molecule has 0 saturated carbocycles. The van der Waals surface area contributed by atoms with Crippen molar-refractivity contribution in [2.75, 3.05) is 19.6 Å². The second-order valence-electron chi connectivity index (χ2n) is 7.83. The zero-order valence-corrected chi connectivity index (χ0v) is 17.8. The predicted molar refractivity (Wildman–Crippen MR) is 125 cm³/mol. The van der Waals surface area contributed by atoms with E-state index >= 15 is 0 Å². The Morgan fingerprint density at radius 3 is 2.88 bits per heavy atom. The molecule has 5 aromatic rings. The number of anilines is 1. The van der Waals surface area contributed by atoms with Crippen LogP contribution in [0.1, 0.15) is 5.56 Å². The van der Waals surface area contributed by atoms with Crippen LogP contribution < -0.4 is 19.9 Å². The first-order chi connectivity index (χ1) is 16.1. The summed E-state index contributed by atoms with van der Waals surface area (Å²) in [5.74, 6) is 2.18. The van der Waals surface area contributed by atoms with Crippen LogP contribution in [0.3, 0.4) is 0 Å². The molecular weight excluding hydrogens is 420 g/mol. The lowest BCUT2D eigenvalue weighted by atomic mass is 10.0. The number of methoxy groups -OCH3 is 1. The van der Waals surface area contributed by atoms with Crippen LogP contribution in [0.25, 0.3) is 32.9 Å². The van der Waals surface area contributed by atoms with Crippen molar-refractivity contribution < 1.29 is 19.3 Å². The summed E-state index contributed by atoms with van der Waals surface area (Å²) < 4.78 is 18.1. The number of hydrogen-bond donors (Lipinski definition) is 2. The Morgan fingerprint density at radius 1 is 1.12 bits per heavy atom. The zero-order chi connectivity index (χ0) is 22.5. The van der Waals surface area contributed by atoms with Crippen LogP contribution in [0.15, 0.2) is 61.1 Å². The quantitative estimate of drug-likeness (QED) is 0.429. The molecule has 3 aromatic heterocycles. The molecule has 164 valence electrons. The number of fused-ring (bicyclic) bond motifs is 3. The fourth-order valence-corrected chi connectivity index (χ4v) is 4.35. The first-order valence-electron chi connectivity index (χ1n) is 10.4. The van der Waals surface area contributed by atoms with Crippen LogP contribution in [0.4, 0.5) is 5.69 Å². The molecule has 0 radical (unpaired) electrons. The molecule has 0 bridgehead atoms. The number of nitrogens with two attached hydrogens (primary N) is 1. The molecule has 1 aliphatic rings. The monoisotopic (exact) mass is 440 g/mol. The summed E-state index contributed by atoms with van der Waals surface area (Å²) in [4.78, 5) is 9.13. The van der Waals surface area contributed by atoms with Crippen molar-refractivity contribution in [1.82, 2.24) is 14.5 Å². The molecule has 8 nitrogen and oxygen atoms in total. The van der Waals surface area contributed by atoms with E-state index in [1.54, 1.807) is 24.1 Å². The highest BCUT2D eigenvalue weighted by Crippen LogP contribution is 2.41. The van der Waals surface area contributed by atoms with Crippen molar-refractivity contribution in [2.45, 2.75) is 6.54 Å². The van der Waals surface area contributed by atoms with Crippen molar-refractivity contribution in [3.8, 4) is 34.3 Å². The minimum Gasteiger partial charge on any atom is -0.496 e. The molecule has 0 atom stereocenters. The highest BCUT2D eigenvalue weighted by Gasteiger charge is 2.20. The van der Waals surface area contributed by atoms with Gasteiger partial charge in [0.15, 0.2) is 11.5 Å². The Kier molecular flexibility index (Phi) is 4.26. The number of ether oxygens (including phenoxy) is 3. The molecule has 0 unspecified atom stereocenters. The number of aromatic nitrogens is 3. The van der Waals surface area contributed by atoms with Crippen LogP contribution in [-0.2, 0) is 6.54 Å². The molecule has 0 fully saturated rings. The number of aromatic hydroxyl groups is 1. The van der Waals surface area contributed by atoms with Gasteiger partial charge in [-0.2, -0.15) is 0 Å². The van der Waals surface area contributed by atoms with Crippen molar-refractivity contribution in [3.05, 3.63) is 66.6 Å². The summed E-state index contributed by atoms with van der Waals surface area (Å²) in [6.07, 6.45) is 5.24. The minimum atomic E-state index is 0.0685. The van der Waals surface area contributed by atoms with E-state index in [-0.39, 0.29) is 12.7 Å². The van der Waals surface area contributed by atoms with Gasteiger partial charge in [-0.05, 0) is 23.8 Å². The van der Waals surface area contributed by atoms with Gasteiger partial charge in [-0.25, -0.2) is 4.98 Å². The Labute approximate surface area is 188 Å². The van der Waals surface area contributed by atoms with Gasteiger partial charge in [-0.3, -0.25) is 4.98 Å². The summed E-state index contributed by atoms with van der Waals surface area (Å²) in [7, 11) is 1.62. The van der Waals surface area contributed by atoms with Crippen LogP contribution in [0, 0.1) is 0 Å². The molecule has 0 aliphatic carbocycles. The van der Waals surface area contributed by atoms with E-state index in [0.29, 0.717) is 40.2 Å². The average Bonchev–Trinajstić information content (AvgIpc) is 3.43. The molecule has 6 rings (SSSR count). The smallest absolute Gasteiger partial charge is 0.231 e. The van der Waals surface area contributed by atoms with E-state index in [9.17, 15) is 5.11 Å². The molecule has 8 heteroatoms. The molecule has 33 heavy (non-hydrogen) atoms. The van der Waals surface area contributed by atoms with Crippen molar-refractivity contribution in [3.63, 3.8) is 0 Å².